The third-order valence-corrected chi connectivity index (χ3v) is 8.27. The molecule has 0 saturated heterocycles. The first-order chi connectivity index (χ1) is 18.5. The number of halogens is 3. The summed E-state index contributed by atoms with van der Waals surface area (Å²) in [4.78, 5) is 35.6. The number of nitrogens with two attached hydrogens (primary N) is 1. The maximum absolute atomic E-state index is 13.2. The van der Waals surface area contributed by atoms with E-state index in [9.17, 15) is 26.4 Å². The summed E-state index contributed by atoms with van der Waals surface area (Å²) in [6, 6.07) is 4.88. The molecule has 3 aliphatic carbocycles. The lowest BCUT2D eigenvalue weighted by molar-refractivity contribution is -0.192. The van der Waals surface area contributed by atoms with Crippen LogP contribution >= 0.6 is 0 Å². The van der Waals surface area contributed by atoms with Crippen molar-refractivity contribution in [2.75, 3.05) is 19.8 Å². The molecule has 0 spiro atoms. The van der Waals surface area contributed by atoms with Gasteiger partial charge in [-0.25, -0.2) is 32.9 Å². The molecule has 3 fully saturated rings. The maximum atomic E-state index is 13.2. The van der Waals surface area contributed by atoms with Crippen LogP contribution in [0.1, 0.15) is 24.8 Å². The number of sulfonamides is 1. The summed E-state index contributed by atoms with van der Waals surface area (Å²) in [5, 5.41) is 11.2. The van der Waals surface area contributed by atoms with Gasteiger partial charge < -0.3 is 15.7 Å². The number of carbonyl (C=O) groups is 2. The SMILES string of the molecule is Cc1ccc(S(=O)(=O)NC23CC(C(=O)N(C)C)(C2)C3)cc1-c1cnc(N)c(-n2cncn2)n1.O=C(O)C(F)(F)F. The third kappa shape index (κ3) is 5.33. The number of aliphatic carboxylic acids is 1. The zero-order chi connectivity index (χ0) is 29.7. The van der Waals surface area contributed by atoms with E-state index in [1.54, 1.807) is 37.2 Å². The van der Waals surface area contributed by atoms with Gasteiger partial charge in [0, 0.05) is 25.2 Å². The zero-order valence-corrected chi connectivity index (χ0v) is 22.3. The molecule has 1 amide bonds. The van der Waals surface area contributed by atoms with Crippen LogP contribution in [0, 0.1) is 12.3 Å². The van der Waals surface area contributed by atoms with E-state index in [2.05, 4.69) is 24.8 Å². The summed E-state index contributed by atoms with van der Waals surface area (Å²) in [6.07, 6.45) is 0.817. The van der Waals surface area contributed by atoms with E-state index < -0.39 is 33.1 Å². The first kappa shape index (κ1) is 28.9. The molecular weight excluding hydrogens is 557 g/mol. The second-order valence-corrected chi connectivity index (χ2v) is 11.7. The van der Waals surface area contributed by atoms with Gasteiger partial charge in [-0.05, 0) is 43.9 Å². The number of benzene rings is 1. The average molecular weight is 583 g/mol. The smallest absolute Gasteiger partial charge is 0.475 e. The normalized spacial score (nSPS) is 21.4. The van der Waals surface area contributed by atoms with Crippen molar-refractivity contribution in [3.8, 4) is 17.1 Å². The summed E-state index contributed by atoms with van der Waals surface area (Å²) < 4.78 is 62.4. The van der Waals surface area contributed by atoms with Crippen LogP contribution in [0.15, 0.2) is 41.9 Å². The first-order valence-electron chi connectivity index (χ1n) is 11.6. The molecule has 214 valence electrons. The molecule has 3 aliphatic rings. The Morgan fingerprint density at radius 3 is 2.35 bits per heavy atom. The number of nitrogens with one attached hydrogen (secondary N) is 1. The van der Waals surface area contributed by atoms with Crippen LogP contribution in [0.4, 0.5) is 19.0 Å². The lowest BCUT2D eigenvalue weighted by Crippen LogP contribution is -2.78. The van der Waals surface area contributed by atoms with Crippen molar-refractivity contribution in [2.45, 2.75) is 42.8 Å². The molecule has 40 heavy (non-hydrogen) atoms. The average Bonchev–Trinajstić information content (AvgIpc) is 3.35. The number of anilines is 1. The molecular formula is C23H25F3N8O5S. The number of nitrogen functional groups attached to an aromatic ring is 1. The fraction of sp³-hybridized carbons (Fsp3) is 0.391. The molecule has 2 aromatic heterocycles. The van der Waals surface area contributed by atoms with Gasteiger partial charge in [-0.1, -0.05) is 6.07 Å². The highest BCUT2D eigenvalue weighted by Crippen LogP contribution is 2.68. The second kappa shape index (κ2) is 9.81. The number of aromatic nitrogens is 5. The first-order valence-corrected chi connectivity index (χ1v) is 13.1. The highest BCUT2D eigenvalue weighted by Gasteiger charge is 2.72. The van der Waals surface area contributed by atoms with Crippen LogP contribution in [-0.2, 0) is 19.6 Å². The molecule has 17 heteroatoms. The van der Waals surface area contributed by atoms with Crippen molar-refractivity contribution in [3.63, 3.8) is 0 Å². The van der Waals surface area contributed by atoms with E-state index in [1.165, 1.54) is 23.5 Å². The number of aryl methyl sites for hydroxylation is 1. The Kier molecular flexibility index (Phi) is 7.08. The van der Waals surface area contributed by atoms with Crippen LogP contribution < -0.4 is 10.5 Å². The Balaban J connectivity index is 0.000000470. The molecule has 6 rings (SSSR count). The number of nitrogens with zero attached hydrogens (tertiary/aromatic N) is 6. The molecule has 1 aromatic carbocycles. The number of hydrogen-bond donors (Lipinski definition) is 3. The van der Waals surface area contributed by atoms with Gasteiger partial charge in [-0.2, -0.15) is 23.0 Å². The Bertz CT molecular complexity index is 1560. The fourth-order valence-corrected chi connectivity index (χ4v) is 6.41. The summed E-state index contributed by atoms with van der Waals surface area (Å²) in [7, 11) is -0.350. The molecule has 4 N–H and O–H groups in total. The van der Waals surface area contributed by atoms with Gasteiger partial charge in [0.2, 0.25) is 15.9 Å². The van der Waals surface area contributed by atoms with Crippen LogP contribution in [0.5, 0.6) is 0 Å². The minimum atomic E-state index is -5.08. The van der Waals surface area contributed by atoms with Gasteiger partial charge in [-0.15, -0.1) is 0 Å². The Labute approximate surface area is 226 Å². The lowest BCUT2D eigenvalue weighted by atomic mass is 9.39. The van der Waals surface area contributed by atoms with Gasteiger partial charge in [0.15, 0.2) is 11.6 Å². The van der Waals surface area contributed by atoms with Crippen molar-refractivity contribution in [2.24, 2.45) is 5.41 Å². The molecule has 3 aromatic rings. The molecule has 3 saturated carbocycles. The number of carboxylic acids is 1. The van der Waals surface area contributed by atoms with Crippen molar-refractivity contribution >= 4 is 27.7 Å². The van der Waals surface area contributed by atoms with Gasteiger partial charge in [0.1, 0.15) is 12.7 Å². The number of carbonyl (C=O) groups excluding carboxylic acids is 1. The standard InChI is InChI=1S/C21H24N8O3S.C2HF3O2/c1-13-4-5-14(33(31,32)27-21-8-20(9-21,10-21)19(30)28(2)3)6-15(13)16-7-24-17(22)18(26-16)29-12-23-11-25-29;3-2(4,5)1(6)7/h4-7,11-12,27H,8-10H2,1-3H3,(H2,22,24);(H,6,7). The summed E-state index contributed by atoms with van der Waals surface area (Å²) in [5.41, 5.74) is 6.90. The van der Waals surface area contributed by atoms with Crippen LogP contribution in [-0.4, -0.2) is 80.8 Å². The molecule has 0 atom stereocenters. The Morgan fingerprint density at radius 1 is 1.20 bits per heavy atom. The van der Waals surface area contributed by atoms with E-state index in [-0.39, 0.29) is 16.6 Å². The van der Waals surface area contributed by atoms with Crippen LogP contribution in [0.3, 0.4) is 0 Å². The third-order valence-electron chi connectivity index (χ3n) is 6.70. The number of amides is 1. The highest BCUT2D eigenvalue weighted by molar-refractivity contribution is 7.89. The van der Waals surface area contributed by atoms with Crippen molar-refractivity contribution < 1.29 is 36.3 Å². The largest absolute Gasteiger partial charge is 0.490 e. The van der Waals surface area contributed by atoms with Crippen molar-refractivity contribution in [3.05, 3.63) is 42.6 Å². The van der Waals surface area contributed by atoms with Gasteiger partial charge in [0.05, 0.1) is 22.2 Å². The molecule has 13 nitrogen and oxygen atoms in total. The predicted octanol–water partition coefficient (Wildman–Crippen LogP) is 1.54. The van der Waals surface area contributed by atoms with E-state index >= 15 is 0 Å². The summed E-state index contributed by atoms with van der Waals surface area (Å²) >= 11 is 0. The topological polar surface area (TPSA) is 186 Å². The van der Waals surface area contributed by atoms with Crippen molar-refractivity contribution in [1.29, 1.82) is 0 Å². The fourth-order valence-electron chi connectivity index (χ4n) is 4.99. The number of alkyl halides is 3. The van der Waals surface area contributed by atoms with E-state index in [1.807, 2.05) is 6.92 Å². The van der Waals surface area contributed by atoms with Gasteiger partial charge in [-0.3, -0.25) is 4.79 Å². The molecule has 2 bridgehead atoms. The quantitative estimate of drug-likeness (QED) is 0.385. The Morgan fingerprint density at radius 2 is 1.82 bits per heavy atom. The zero-order valence-electron chi connectivity index (χ0n) is 21.5. The minimum Gasteiger partial charge on any atom is -0.475 e. The van der Waals surface area contributed by atoms with E-state index in [0.29, 0.717) is 36.3 Å². The lowest BCUT2D eigenvalue weighted by Gasteiger charge is -2.69. The number of rotatable bonds is 6. The van der Waals surface area contributed by atoms with Gasteiger partial charge >= 0.3 is 12.1 Å². The molecule has 2 heterocycles. The van der Waals surface area contributed by atoms with E-state index in [0.717, 1.165) is 5.56 Å². The number of carboxylic acid groups (broad SMARTS) is 1. The van der Waals surface area contributed by atoms with Crippen LogP contribution in [0.2, 0.25) is 0 Å². The predicted molar refractivity (Wildman–Crippen MR) is 133 cm³/mol. The second-order valence-electron chi connectivity index (χ2n) is 9.98. The highest BCUT2D eigenvalue weighted by atomic mass is 32.2. The van der Waals surface area contributed by atoms with Crippen molar-refractivity contribution in [1.82, 2.24) is 34.4 Å². The van der Waals surface area contributed by atoms with E-state index in [4.69, 9.17) is 15.6 Å². The summed E-state index contributed by atoms with van der Waals surface area (Å²) in [6.45, 7) is 1.87. The molecule has 0 radical (unpaired) electrons. The monoisotopic (exact) mass is 582 g/mol. The van der Waals surface area contributed by atoms with Crippen LogP contribution in [0.25, 0.3) is 17.1 Å². The Hall–Kier alpha value is -4.12. The minimum absolute atomic E-state index is 0.0614. The van der Waals surface area contributed by atoms with Gasteiger partial charge in [0.25, 0.3) is 0 Å². The molecule has 0 aliphatic heterocycles. The molecule has 0 unspecified atom stereocenters. The number of hydrogen-bond acceptors (Lipinski definition) is 9. The maximum Gasteiger partial charge on any atom is 0.490 e. The summed E-state index contributed by atoms with van der Waals surface area (Å²) in [5.74, 6) is -2.21.